The lowest BCUT2D eigenvalue weighted by Crippen LogP contribution is -2.33. The number of hydrogen-bond acceptors (Lipinski definition) is 9. The van der Waals surface area contributed by atoms with Gasteiger partial charge in [0.05, 0.1) is 12.9 Å². The average Bonchev–Trinajstić information content (AvgIpc) is 3.49. The van der Waals surface area contributed by atoms with E-state index >= 15 is 0 Å². The molecule has 1 fully saturated rings. The SMILES string of the molecule is CC(C)(C)OC(=O)NCCCC1=CC(c2ncnc(Nc3cccc(COS(C)(=O)=O)c3)n2)=C[C@@]2(C)CC2=C1. The zero-order valence-electron chi connectivity index (χ0n) is 22.9. The molecule has 10 nitrogen and oxygen atoms in total. The minimum absolute atomic E-state index is 0.0173. The van der Waals surface area contributed by atoms with Crippen LogP contribution in [0.1, 0.15) is 58.3 Å². The largest absolute Gasteiger partial charge is 0.444 e. The summed E-state index contributed by atoms with van der Waals surface area (Å²) >= 11 is 0. The molecular formula is C28H35N5O5S. The first-order valence-electron chi connectivity index (χ1n) is 12.8. The molecule has 0 spiro atoms. The second kappa shape index (κ2) is 11.3. The lowest BCUT2D eigenvalue weighted by Gasteiger charge is -2.19. The Morgan fingerprint density at radius 2 is 1.97 bits per heavy atom. The van der Waals surface area contributed by atoms with E-state index in [2.05, 4.69) is 50.7 Å². The molecule has 2 aliphatic rings. The van der Waals surface area contributed by atoms with Crippen LogP contribution in [0.25, 0.3) is 5.57 Å². The van der Waals surface area contributed by atoms with Gasteiger partial charge in [-0.2, -0.15) is 13.4 Å². The molecule has 2 aromatic rings. The summed E-state index contributed by atoms with van der Waals surface area (Å²) in [6.45, 7) is 8.17. The van der Waals surface area contributed by atoms with Crippen molar-refractivity contribution < 1.29 is 22.1 Å². The minimum atomic E-state index is -3.54. The highest BCUT2D eigenvalue weighted by atomic mass is 32.2. The molecule has 0 radical (unpaired) electrons. The van der Waals surface area contributed by atoms with Crippen LogP contribution < -0.4 is 10.6 Å². The van der Waals surface area contributed by atoms with Crippen molar-refractivity contribution in [3.05, 3.63) is 71.4 Å². The fourth-order valence-electron chi connectivity index (χ4n) is 4.17. The standard InChI is InChI=1S/C28H35N5O5S/c1-27(2,3)38-26(34)29-11-7-9-19-12-21(15-28(4)16-22(28)13-19)24-30-18-31-25(33-24)32-23-10-6-8-20(14-23)17-37-39(5,35)36/h6,8,10,12-15,18H,7,9,11,16-17H2,1-5H3,(H,29,34)(H,30,31,32,33)/t28-/m0/s1. The van der Waals surface area contributed by atoms with E-state index in [0.29, 0.717) is 29.6 Å². The summed E-state index contributed by atoms with van der Waals surface area (Å²) in [5.74, 6) is 0.924. The van der Waals surface area contributed by atoms with Crippen molar-refractivity contribution in [3.63, 3.8) is 0 Å². The van der Waals surface area contributed by atoms with Gasteiger partial charge in [0, 0.05) is 23.2 Å². The van der Waals surface area contributed by atoms with Gasteiger partial charge in [0.2, 0.25) is 5.95 Å². The number of hydrogen-bond donors (Lipinski definition) is 2. The molecule has 208 valence electrons. The Labute approximate surface area is 229 Å². The summed E-state index contributed by atoms with van der Waals surface area (Å²) in [6, 6.07) is 7.20. The number of alkyl carbamates (subject to hydrolysis) is 1. The van der Waals surface area contributed by atoms with E-state index < -0.39 is 21.8 Å². The van der Waals surface area contributed by atoms with E-state index in [1.807, 2.05) is 26.8 Å². The molecule has 11 heteroatoms. The van der Waals surface area contributed by atoms with Crippen molar-refractivity contribution in [1.29, 1.82) is 0 Å². The van der Waals surface area contributed by atoms with E-state index in [-0.39, 0.29) is 12.0 Å². The Kier molecular flexibility index (Phi) is 8.22. The van der Waals surface area contributed by atoms with Gasteiger partial charge in [0.1, 0.15) is 11.9 Å². The fourth-order valence-corrected chi connectivity index (χ4v) is 4.52. The molecular weight excluding hydrogens is 518 g/mol. The topological polar surface area (TPSA) is 132 Å². The van der Waals surface area contributed by atoms with Crippen LogP contribution in [0.2, 0.25) is 0 Å². The number of amides is 1. The van der Waals surface area contributed by atoms with Crippen LogP contribution in [0.15, 0.2) is 60.0 Å². The molecule has 1 heterocycles. The van der Waals surface area contributed by atoms with Gasteiger partial charge in [-0.15, -0.1) is 0 Å². The number of carbonyl (C=O) groups excluding carboxylic acids is 1. The third-order valence-corrected chi connectivity index (χ3v) is 6.65. The highest BCUT2D eigenvalue weighted by Crippen LogP contribution is 2.56. The smallest absolute Gasteiger partial charge is 0.407 e. The van der Waals surface area contributed by atoms with Gasteiger partial charge >= 0.3 is 6.09 Å². The van der Waals surface area contributed by atoms with E-state index in [1.54, 1.807) is 18.2 Å². The zero-order chi connectivity index (χ0) is 28.3. The number of benzene rings is 1. The van der Waals surface area contributed by atoms with Gasteiger partial charge in [-0.3, -0.25) is 4.18 Å². The molecule has 2 aliphatic carbocycles. The van der Waals surface area contributed by atoms with Crippen LogP contribution in [-0.4, -0.2) is 47.9 Å². The second-order valence-electron chi connectivity index (χ2n) is 11.0. The molecule has 0 bridgehead atoms. The Bertz CT molecular complexity index is 1440. The van der Waals surface area contributed by atoms with Gasteiger partial charge in [-0.1, -0.05) is 36.8 Å². The number of allylic oxidation sites excluding steroid dienone is 6. The maximum Gasteiger partial charge on any atom is 0.407 e. The summed E-state index contributed by atoms with van der Waals surface area (Å²) in [5.41, 5.74) is 4.28. The number of ether oxygens (including phenoxy) is 1. The summed E-state index contributed by atoms with van der Waals surface area (Å²) < 4.78 is 32.8. The number of aromatic nitrogens is 3. The van der Waals surface area contributed by atoms with Crippen molar-refractivity contribution in [2.75, 3.05) is 18.1 Å². The van der Waals surface area contributed by atoms with E-state index in [0.717, 1.165) is 36.7 Å². The first-order chi connectivity index (χ1) is 18.3. The van der Waals surface area contributed by atoms with E-state index in [4.69, 9.17) is 8.92 Å². The maximum absolute atomic E-state index is 11.9. The molecule has 1 aromatic carbocycles. The molecule has 1 aromatic heterocycles. The Morgan fingerprint density at radius 1 is 1.18 bits per heavy atom. The van der Waals surface area contributed by atoms with Gasteiger partial charge in [0.15, 0.2) is 5.82 Å². The Balaban J connectivity index is 1.44. The second-order valence-corrected chi connectivity index (χ2v) is 12.7. The number of nitrogens with zero attached hydrogens (tertiary/aromatic N) is 3. The predicted octanol–water partition coefficient (Wildman–Crippen LogP) is 5.06. The molecule has 2 N–H and O–H groups in total. The van der Waals surface area contributed by atoms with Crippen molar-refractivity contribution >= 4 is 33.4 Å². The van der Waals surface area contributed by atoms with Crippen LogP contribution in [-0.2, 0) is 25.6 Å². The van der Waals surface area contributed by atoms with E-state index in [9.17, 15) is 13.2 Å². The molecule has 0 unspecified atom stereocenters. The van der Waals surface area contributed by atoms with Gasteiger partial charge in [-0.25, -0.2) is 14.8 Å². The van der Waals surface area contributed by atoms with Crippen molar-refractivity contribution in [2.45, 2.75) is 59.2 Å². The van der Waals surface area contributed by atoms with Crippen molar-refractivity contribution in [3.8, 4) is 0 Å². The number of fused-ring (bicyclic) bond motifs is 1. The third-order valence-electron chi connectivity index (χ3n) is 6.10. The van der Waals surface area contributed by atoms with Crippen molar-refractivity contribution in [2.24, 2.45) is 5.41 Å². The predicted molar refractivity (Wildman–Crippen MR) is 150 cm³/mol. The van der Waals surface area contributed by atoms with Crippen LogP contribution >= 0.6 is 0 Å². The quantitative estimate of drug-likeness (QED) is 0.306. The van der Waals surface area contributed by atoms with Crippen LogP contribution in [0.4, 0.5) is 16.4 Å². The maximum atomic E-state index is 11.9. The van der Waals surface area contributed by atoms with Crippen LogP contribution in [0.5, 0.6) is 0 Å². The van der Waals surface area contributed by atoms with Crippen LogP contribution in [0, 0.1) is 5.41 Å². The van der Waals surface area contributed by atoms with Gasteiger partial charge < -0.3 is 15.4 Å². The normalized spacial score (nSPS) is 18.6. The molecule has 4 rings (SSSR count). The first-order valence-corrected chi connectivity index (χ1v) is 14.6. The monoisotopic (exact) mass is 553 g/mol. The molecule has 39 heavy (non-hydrogen) atoms. The average molecular weight is 554 g/mol. The zero-order valence-corrected chi connectivity index (χ0v) is 23.8. The summed E-state index contributed by atoms with van der Waals surface area (Å²) in [6.07, 6.45) is 11.1. The lowest BCUT2D eigenvalue weighted by molar-refractivity contribution is 0.0527. The minimum Gasteiger partial charge on any atom is -0.444 e. The number of nitrogens with one attached hydrogen (secondary N) is 2. The Morgan fingerprint density at radius 3 is 2.72 bits per heavy atom. The van der Waals surface area contributed by atoms with Crippen LogP contribution in [0.3, 0.4) is 0 Å². The van der Waals surface area contributed by atoms with Gasteiger partial charge in [-0.05, 0) is 69.4 Å². The highest BCUT2D eigenvalue weighted by Gasteiger charge is 2.43. The number of carbonyl (C=O) groups is 1. The first kappa shape index (κ1) is 28.4. The fraction of sp³-hybridized carbons (Fsp3) is 0.429. The lowest BCUT2D eigenvalue weighted by atomic mass is 10.0. The third kappa shape index (κ3) is 8.72. The highest BCUT2D eigenvalue weighted by molar-refractivity contribution is 7.85. The molecule has 1 amide bonds. The molecule has 0 aliphatic heterocycles. The summed E-state index contributed by atoms with van der Waals surface area (Å²) in [4.78, 5) is 25.3. The molecule has 1 atom stereocenters. The summed E-state index contributed by atoms with van der Waals surface area (Å²) in [7, 11) is -3.54. The number of rotatable bonds is 10. The van der Waals surface area contributed by atoms with E-state index in [1.165, 1.54) is 11.9 Å². The Hall–Kier alpha value is -3.57. The van der Waals surface area contributed by atoms with Crippen molar-refractivity contribution in [1.82, 2.24) is 20.3 Å². The summed E-state index contributed by atoms with van der Waals surface area (Å²) in [5, 5.41) is 5.98. The number of anilines is 2. The molecule has 0 saturated heterocycles. The molecule has 1 saturated carbocycles. The van der Waals surface area contributed by atoms with Gasteiger partial charge in [0.25, 0.3) is 10.1 Å².